The lowest BCUT2D eigenvalue weighted by atomic mass is 10.1. The van der Waals surface area contributed by atoms with E-state index in [1.54, 1.807) is 24.3 Å². The number of hydrogen-bond donors (Lipinski definition) is 0. The van der Waals surface area contributed by atoms with Crippen LogP contribution in [-0.4, -0.2) is 19.7 Å². The maximum Gasteiger partial charge on any atom is 0.338 e. The zero-order valence-corrected chi connectivity index (χ0v) is 9.95. The van der Waals surface area contributed by atoms with Gasteiger partial charge in [0.25, 0.3) is 0 Å². The molecule has 0 spiro atoms. The first kappa shape index (κ1) is 12.6. The van der Waals surface area contributed by atoms with Gasteiger partial charge in [0.05, 0.1) is 25.5 Å². The number of halogens is 1. The number of hydrogen-bond acceptors (Lipinski definition) is 3. The lowest BCUT2D eigenvalue weighted by Gasteiger charge is -2.04. The SMILES string of the molecule is CCO/C=C/c1ccc(Cl)cc1C(=O)OC. The number of benzene rings is 1. The van der Waals surface area contributed by atoms with E-state index in [1.807, 2.05) is 6.92 Å². The second-order valence-corrected chi connectivity index (χ2v) is 3.42. The van der Waals surface area contributed by atoms with Crippen molar-refractivity contribution in [3.63, 3.8) is 0 Å². The van der Waals surface area contributed by atoms with E-state index in [-0.39, 0.29) is 0 Å². The molecule has 0 aliphatic heterocycles. The normalized spacial score (nSPS) is 10.4. The molecule has 0 radical (unpaired) electrons. The molecule has 0 heterocycles. The van der Waals surface area contributed by atoms with Crippen LogP contribution in [-0.2, 0) is 9.47 Å². The van der Waals surface area contributed by atoms with Crippen LogP contribution in [0.3, 0.4) is 0 Å². The average Bonchev–Trinajstić information content (AvgIpc) is 2.30. The Labute approximate surface area is 99.6 Å². The van der Waals surface area contributed by atoms with E-state index in [0.717, 1.165) is 0 Å². The van der Waals surface area contributed by atoms with Gasteiger partial charge in [0.15, 0.2) is 0 Å². The van der Waals surface area contributed by atoms with Crippen molar-refractivity contribution in [1.29, 1.82) is 0 Å². The molecule has 0 bridgehead atoms. The largest absolute Gasteiger partial charge is 0.501 e. The summed E-state index contributed by atoms with van der Waals surface area (Å²) in [7, 11) is 1.33. The third kappa shape index (κ3) is 3.28. The maximum atomic E-state index is 11.5. The zero-order valence-electron chi connectivity index (χ0n) is 9.20. The summed E-state index contributed by atoms with van der Waals surface area (Å²) in [4.78, 5) is 11.5. The summed E-state index contributed by atoms with van der Waals surface area (Å²) < 4.78 is 9.74. The van der Waals surface area contributed by atoms with Gasteiger partial charge in [0, 0.05) is 5.02 Å². The summed E-state index contributed by atoms with van der Waals surface area (Å²) in [5, 5.41) is 0.494. The van der Waals surface area contributed by atoms with E-state index in [4.69, 9.17) is 16.3 Å². The Hall–Kier alpha value is -1.48. The number of rotatable bonds is 4. The molecular formula is C12H13ClO3. The summed E-state index contributed by atoms with van der Waals surface area (Å²) in [5.74, 6) is -0.418. The fraction of sp³-hybridized carbons (Fsp3) is 0.250. The summed E-state index contributed by atoms with van der Waals surface area (Å²) >= 11 is 5.82. The van der Waals surface area contributed by atoms with Crippen LogP contribution in [0.1, 0.15) is 22.8 Å². The minimum absolute atomic E-state index is 0.418. The number of esters is 1. The average molecular weight is 241 g/mol. The Morgan fingerprint density at radius 1 is 1.50 bits per heavy atom. The van der Waals surface area contributed by atoms with E-state index in [9.17, 15) is 4.79 Å². The first-order chi connectivity index (χ1) is 7.69. The van der Waals surface area contributed by atoms with E-state index in [2.05, 4.69) is 4.74 Å². The summed E-state index contributed by atoms with van der Waals surface area (Å²) in [5.41, 5.74) is 1.13. The molecule has 0 amide bonds. The Morgan fingerprint density at radius 2 is 2.25 bits per heavy atom. The fourth-order valence-corrected chi connectivity index (χ4v) is 1.35. The molecular weight excluding hydrogens is 228 g/mol. The van der Waals surface area contributed by atoms with Gasteiger partial charge in [0.1, 0.15) is 0 Å². The fourth-order valence-electron chi connectivity index (χ4n) is 1.18. The molecule has 86 valence electrons. The van der Waals surface area contributed by atoms with E-state index < -0.39 is 5.97 Å². The molecule has 0 saturated heterocycles. The van der Waals surface area contributed by atoms with Crippen LogP contribution in [0.15, 0.2) is 24.5 Å². The molecule has 0 aromatic heterocycles. The van der Waals surface area contributed by atoms with Crippen molar-refractivity contribution in [3.05, 3.63) is 40.6 Å². The highest BCUT2D eigenvalue weighted by Crippen LogP contribution is 2.18. The Bertz CT molecular complexity index is 399. The van der Waals surface area contributed by atoms with Crippen molar-refractivity contribution in [2.75, 3.05) is 13.7 Å². The van der Waals surface area contributed by atoms with E-state index in [1.165, 1.54) is 13.4 Å². The minimum Gasteiger partial charge on any atom is -0.501 e. The van der Waals surface area contributed by atoms with Gasteiger partial charge in [-0.25, -0.2) is 4.79 Å². The van der Waals surface area contributed by atoms with Crippen molar-refractivity contribution in [3.8, 4) is 0 Å². The van der Waals surface area contributed by atoms with Gasteiger partial charge < -0.3 is 9.47 Å². The third-order valence-corrected chi connectivity index (χ3v) is 2.17. The minimum atomic E-state index is -0.418. The van der Waals surface area contributed by atoms with E-state index in [0.29, 0.717) is 22.8 Å². The molecule has 0 N–H and O–H groups in total. The van der Waals surface area contributed by atoms with Gasteiger partial charge >= 0.3 is 5.97 Å². The van der Waals surface area contributed by atoms with Gasteiger partial charge in [-0.1, -0.05) is 17.7 Å². The van der Waals surface area contributed by atoms with Crippen LogP contribution < -0.4 is 0 Å². The van der Waals surface area contributed by atoms with Gasteiger partial charge in [-0.2, -0.15) is 0 Å². The zero-order chi connectivity index (χ0) is 12.0. The number of methoxy groups -OCH3 is 1. The predicted octanol–water partition coefficient (Wildman–Crippen LogP) is 3.13. The van der Waals surface area contributed by atoms with Gasteiger partial charge in [-0.05, 0) is 30.7 Å². The van der Waals surface area contributed by atoms with Crippen LogP contribution in [0.25, 0.3) is 6.08 Å². The quantitative estimate of drug-likeness (QED) is 0.599. The van der Waals surface area contributed by atoms with Crippen molar-refractivity contribution >= 4 is 23.6 Å². The molecule has 0 fully saturated rings. The number of ether oxygens (including phenoxy) is 2. The van der Waals surface area contributed by atoms with Crippen molar-refractivity contribution in [2.45, 2.75) is 6.92 Å². The van der Waals surface area contributed by atoms with Crippen LogP contribution >= 0.6 is 11.6 Å². The molecule has 0 saturated carbocycles. The summed E-state index contributed by atoms with van der Waals surface area (Å²) in [6.45, 7) is 2.46. The topological polar surface area (TPSA) is 35.5 Å². The molecule has 0 aliphatic rings. The standard InChI is InChI=1S/C12H13ClO3/c1-3-16-7-6-9-4-5-10(13)8-11(9)12(14)15-2/h4-8H,3H2,1-2H3/b7-6+. The van der Waals surface area contributed by atoms with Crippen molar-refractivity contribution in [2.24, 2.45) is 0 Å². The maximum absolute atomic E-state index is 11.5. The molecule has 0 aliphatic carbocycles. The predicted molar refractivity (Wildman–Crippen MR) is 63.5 cm³/mol. The molecule has 0 unspecified atom stereocenters. The summed E-state index contributed by atoms with van der Waals surface area (Å²) in [6.07, 6.45) is 3.24. The lowest BCUT2D eigenvalue weighted by Crippen LogP contribution is -2.03. The molecule has 3 nitrogen and oxygen atoms in total. The number of carbonyl (C=O) groups excluding carboxylic acids is 1. The monoisotopic (exact) mass is 240 g/mol. The van der Waals surface area contributed by atoms with Crippen molar-refractivity contribution < 1.29 is 14.3 Å². The van der Waals surface area contributed by atoms with Gasteiger partial charge in [0.2, 0.25) is 0 Å². The smallest absolute Gasteiger partial charge is 0.338 e. The Balaban J connectivity index is 3.02. The molecule has 16 heavy (non-hydrogen) atoms. The molecule has 4 heteroatoms. The Kier molecular flexibility index (Phi) is 4.86. The van der Waals surface area contributed by atoms with Gasteiger partial charge in [-0.15, -0.1) is 0 Å². The Morgan fingerprint density at radius 3 is 2.88 bits per heavy atom. The highest BCUT2D eigenvalue weighted by Gasteiger charge is 2.10. The molecule has 0 atom stereocenters. The van der Waals surface area contributed by atoms with E-state index >= 15 is 0 Å². The van der Waals surface area contributed by atoms with Crippen molar-refractivity contribution in [1.82, 2.24) is 0 Å². The first-order valence-electron chi connectivity index (χ1n) is 4.85. The molecule has 1 aromatic rings. The van der Waals surface area contributed by atoms with Crippen LogP contribution in [0.5, 0.6) is 0 Å². The second-order valence-electron chi connectivity index (χ2n) is 2.98. The first-order valence-corrected chi connectivity index (χ1v) is 5.22. The molecule has 1 rings (SSSR count). The van der Waals surface area contributed by atoms with Crippen LogP contribution in [0, 0.1) is 0 Å². The van der Waals surface area contributed by atoms with Crippen LogP contribution in [0.4, 0.5) is 0 Å². The highest BCUT2D eigenvalue weighted by atomic mass is 35.5. The number of carbonyl (C=O) groups is 1. The highest BCUT2D eigenvalue weighted by molar-refractivity contribution is 6.31. The molecule has 1 aromatic carbocycles. The van der Waals surface area contributed by atoms with Gasteiger partial charge in [-0.3, -0.25) is 0 Å². The third-order valence-electron chi connectivity index (χ3n) is 1.93. The summed E-state index contributed by atoms with van der Waals surface area (Å²) in [6, 6.07) is 5.02. The second kappa shape index (κ2) is 6.18. The lowest BCUT2D eigenvalue weighted by molar-refractivity contribution is 0.0600. The van der Waals surface area contributed by atoms with Crippen LogP contribution in [0.2, 0.25) is 5.02 Å².